The highest BCUT2D eigenvalue weighted by molar-refractivity contribution is 6.35. The molecular formula is C14H16ClNO2. The minimum absolute atomic E-state index is 0.220. The maximum absolute atomic E-state index is 11.4. The van der Waals surface area contributed by atoms with Crippen LogP contribution in [0, 0.1) is 13.8 Å². The molecule has 0 saturated heterocycles. The van der Waals surface area contributed by atoms with Gasteiger partial charge in [-0.1, -0.05) is 24.6 Å². The standard InChI is InChI=1S/C14H16ClNO2/c1-4-5-16-10-7-8(2)6-9(3)11(10)12(13(16)15)14(17)18/h6-7H,4-5H2,1-3H3,(H,17,18). The van der Waals surface area contributed by atoms with Gasteiger partial charge >= 0.3 is 5.97 Å². The van der Waals surface area contributed by atoms with E-state index in [0.29, 0.717) is 5.15 Å². The maximum atomic E-state index is 11.4. The van der Waals surface area contributed by atoms with Gasteiger partial charge in [-0.25, -0.2) is 4.79 Å². The molecule has 1 N–H and O–H groups in total. The molecule has 0 fully saturated rings. The van der Waals surface area contributed by atoms with E-state index in [1.807, 2.05) is 37.5 Å². The van der Waals surface area contributed by atoms with Gasteiger partial charge in [-0.05, 0) is 37.5 Å². The van der Waals surface area contributed by atoms with E-state index in [1.165, 1.54) is 0 Å². The predicted octanol–water partition coefficient (Wildman–Crippen LogP) is 4.02. The van der Waals surface area contributed by atoms with Crippen molar-refractivity contribution in [3.8, 4) is 0 Å². The molecule has 0 aliphatic carbocycles. The third-order valence-electron chi connectivity index (χ3n) is 3.10. The molecule has 0 aliphatic heterocycles. The monoisotopic (exact) mass is 265 g/mol. The van der Waals surface area contributed by atoms with Crippen molar-refractivity contribution < 1.29 is 9.90 Å². The molecule has 0 aliphatic rings. The average Bonchev–Trinajstić information content (AvgIpc) is 2.54. The molecule has 1 heterocycles. The van der Waals surface area contributed by atoms with Gasteiger partial charge in [0.05, 0.1) is 5.52 Å². The van der Waals surface area contributed by atoms with Crippen LogP contribution in [0.3, 0.4) is 0 Å². The second-order valence-corrected chi connectivity index (χ2v) is 4.96. The Hall–Kier alpha value is -1.48. The molecular weight excluding hydrogens is 250 g/mol. The molecule has 0 unspecified atom stereocenters. The number of aryl methyl sites for hydroxylation is 3. The van der Waals surface area contributed by atoms with Gasteiger partial charge in [0.25, 0.3) is 0 Å². The van der Waals surface area contributed by atoms with E-state index in [9.17, 15) is 9.90 Å². The van der Waals surface area contributed by atoms with Crippen LogP contribution in [-0.4, -0.2) is 15.6 Å². The number of carboxylic acid groups (broad SMARTS) is 1. The number of halogens is 1. The van der Waals surface area contributed by atoms with Gasteiger partial charge in [0, 0.05) is 11.9 Å². The van der Waals surface area contributed by atoms with Crippen molar-refractivity contribution in [2.75, 3.05) is 0 Å². The number of nitrogens with zero attached hydrogens (tertiary/aromatic N) is 1. The minimum atomic E-state index is -0.966. The van der Waals surface area contributed by atoms with Crippen molar-refractivity contribution in [3.63, 3.8) is 0 Å². The lowest BCUT2D eigenvalue weighted by molar-refractivity contribution is 0.0699. The lowest BCUT2D eigenvalue weighted by Gasteiger charge is -2.06. The lowest BCUT2D eigenvalue weighted by atomic mass is 10.0. The van der Waals surface area contributed by atoms with E-state index in [0.717, 1.165) is 35.0 Å². The Morgan fingerprint density at radius 2 is 2.06 bits per heavy atom. The van der Waals surface area contributed by atoms with Crippen LogP contribution in [-0.2, 0) is 6.54 Å². The summed E-state index contributed by atoms with van der Waals surface area (Å²) in [4.78, 5) is 11.4. The Labute approximate surface area is 111 Å². The van der Waals surface area contributed by atoms with Gasteiger partial charge in [-0.3, -0.25) is 0 Å². The molecule has 4 heteroatoms. The number of rotatable bonds is 3. The van der Waals surface area contributed by atoms with Gasteiger partial charge in [0.1, 0.15) is 10.7 Å². The van der Waals surface area contributed by atoms with Gasteiger partial charge in [0.2, 0.25) is 0 Å². The zero-order valence-electron chi connectivity index (χ0n) is 10.7. The van der Waals surface area contributed by atoms with Crippen molar-refractivity contribution in [1.82, 2.24) is 4.57 Å². The highest BCUT2D eigenvalue weighted by atomic mass is 35.5. The molecule has 18 heavy (non-hydrogen) atoms. The Balaban J connectivity index is 2.92. The molecule has 0 bridgehead atoms. The van der Waals surface area contributed by atoms with Gasteiger partial charge in [-0.2, -0.15) is 0 Å². The Bertz CT molecular complexity index is 628. The number of fused-ring (bicyclic) bond motifs is 1. The first-order valence-corrected chi connectivity index (χ1v) is 6.37. The summed E-state index contributed by atoms with van der Waals surface area (Å²) in [7, 11) is 0. The van der Waals surface area contributed by atoms with E-state index >= 15 is 0 Å². The summed E-state index contributed by atoms with van der Waals surface area (Å²) in [5.74, 6) is -0.966. The van der Waals surface area contributed by atoms with Crippen molar-refractivity contribution in [2.24, 2.45) is 0 Å². The van der Waals surface area contributed by atoms with E-state index in [2.05, 4.69) is 0 Å². The summed E-state index contributed by atoms with van der Waals surface area (Å²) < 4.78 is 1.89. The van der Waals surface area contributed by atoms with Crippen molar-refractivity contribution in [1.29, 1.82) is 0 Å². The zero-order valence-corrected chi connectivity index (χ0v) is 11.5. The van der Waals surface area contributed by atoms with Gasteiger partial charge < -0.3 is 9.67 Å². The van der Waals surface area contributed by atoms with Gasteiger partial charge in [-0.15, -0.1) is 0 Å². The molecule has 96 valence electrons. The number of carboxylic acids is 1. The topological polar surface area (TPSA) is 42.2 Å². The van der Waals surface area contributed by atoms with E-state index < -0.39 is 5.97 Å². The Morgan fingerprint density at radius 3 is 2.61 bits per heavy atom. The molecule has 1 aromatic heterocycles. The summed E-state index contributed by atoms with van der Waals surface area (Å²) in [6.45, 7) is 6.70. The largest absolute Gasteiger partial charge is 0.478 e. The first kappa shape index (κ1) is 13.0. The summed E-state index contributed by atoms with van der Waals surface area (Å²) >= 11 is 6.23. The predicted molar refractivity (Wildman–Crippen MR) is 73.7 cm³/mol. The fourth-order valence-corrected chi connectivity index (χ4v) is 2.82. The van der Waals surface area contributed by atoms with Gasteiger partial charge in [0.15, 0.2) is 0 Å². The molecule has 0 saturated carbocycles. The molecule has 2 rings (SSSR count). The number of hydrogen-bond donors (Lipinski definition) is 1. The maximum Gasteiger partial charge on any atom is 0.339 e. The number of aromatic nitrogens is 1. The van der Waals surface area contributed by atoms with Crippen LogP contribution in [0.15, 0.2) is 12.1 Å². The number of aromatic carboxylic acids is 1. The molecule has 0 atom stereocenters. The minimum Gasteiger partial charge on any atom is -0.478 e. The highest BCUT2D eigenvalue weighted by Crippen LogP contribution is 2.33. The first-order valence-electron chi connectivity index (χ1n) is 5.99. The number of carbonyl (C=O) groups is 1. The Morgan fingerprint density at radius 1 is 1.39 bits per heavy atom. The fourth-order valence-electron chi connectivity index (χ4n) is 2.46. The number of benzene rings is 1. The van der Waals surface area contributed by atoms with E-state index in [1.54, 1.807) is 0 Å². The summed E-state index contributed by atoms with van der Waals surface area (Å²) in [6.07, 6.45) is 0.912. The molecule has 2 aromatic rings. The van der Waals surface area contributed by atoms with E-state index in [4.69, 9.17) is 11.6 Å². The highest BCUT2D eigenvalue weighted by Gasteiger charge is 2.22. The molecule has 0 spiro atoms. The normalized spacial score (nSPS) is 11.1. The third kappa shape index (κ3) is 1.89. The quantitative estimate of drug-likeness (QED) is 0.911. The van der Waals surface area contributed by atoms with Crippen molar-refractivity contribution in [3.05, 3.63) is 34.0 Å². The molecule has 0 amide bonds. The van der Waals surface area contributed by atoms with Crippen LogP contribution in [0.2, 0.25) is 5.15 Å². The number of hydrogen-bond acceptors (Lipinski definition) is 1. The second kappa shape index (κ2) is 4.65. The fraction of sp³-hybridized carbons (Fsp3) is 0.357. The summed E-state index contributed by atoms with van der Waals surface area (Å²) in [5.41, 5.74) is 3.21. The summed E-state index contributed by atoms with van der Waals surface area (Å²) in [6, 6.07) is 3.98. The van der Waals surface area contributed by atoms with Crippen LogP contribution >= 0.6 is 11.6 Å². The van der Waals surface area contributed by atoms with Crippen LogP contribution in [0.5, 0.6) is 0 Å². The molecule has 0 radical (unpaired) electrons. The SMILES string of the molecule is CCCn1c(Cl)c(C(=O)O)c2c(C)cc(C)cc21. The second-order valence-electron chi connectivity index (χ2n) is 4.60. The van der Waals surface area contributed by atoms with Crippen molar-refractivity contribution in [2.45, 2.75) is 33.7 Å². The van der Waals surface area contributed by atoms with Crippen LogP contribution < -0.4 is 0 Å². The zero-order chi connectivity index (χ0) is 13.4. The van der Waals surface area contributed by atoms with Crippen LogP contribution in [0.25, 0.3) is 10.9 Å². The van der Waals surface area contributed by atoms with E-state index in [-0.39, 0.29) is 5.56 Å². The van der Waals surface area contributed by atoms with Crippen molar-refractivity contribution >= 4 is 28.5 Å². The van der Waals surface area contributed by atoms with Crippen LogP contribution in [0.1, 0.15) is 34.8 Å². The van der Waals surface area contributed by atoms with Crippen LogP contribution in [0.4, 0.5) is 0 Å². The summed E-state index contributed by atoms with van der Waals surface area (Å²) in [5, 5.41) is 10.4. The smallest absolute Gasteiger partial charge is 0.339 e. The average molecular weight is 266 g/mol. The molecule has 3 nitrogen and oxygen atoms in total. The third-order valence-corrected chi connectivity index (χ3v) is 3.50. The molecule has 1 aromatic carbocycles. The lowest BCUT2D eigenvalue weighted by Crippen LogP contribution is -1.99. The first-order chi connectivity index (χ1) is 8.47. The Kier molecular flexibility index (Phi) is 3.35.